The van der Waals surface area contributed by atoms with E-state index in [0.717, 1.165) is 19.3 Å². The summed E-state index contributed by atoms with van der Waals surface area (Å²) >= 11 is 0. The number of esters is 1. The number of methoxy groups -OCH3 is 1. The van der Waals surface area contributed by atoms with Gasteiger partial charge in [0.15, 0.2) is 0 Å². The molecule has 21 heavy (non-hydrogen) atoms. The molecule has 2 saturated carbocycles. The first-order valence-electron chi connectivity index (χ1n) is 7.81. The van der Waals surface area contributed by atoms with Gasteiger partial charge in [-0.05, 0) is 37.0 Å². The summed E-state index contributed by atoms with van der Waals surface area (Å²) in [4.78, 5) is 34.9. The Bertz CT molecular complexity index is 452. The number of Topliss-reactive ketones (excluding diaryl/α,β-unsaturated/α-hetero) is 2. The van der Waals surface area contributed by atoms with Crippen LogP contribution in [0, 0.1) is 23.7 Å². The first-order valence-corrected chi connectivity index (χ1v) is 7.81. The third-order valence-corrected chi connectivity index (χ3v) is 5.10. The van der Waals surface area contributed by atoms with E-state index >= 15 is 0 Å². The highest BCUT2D eigenvalue weighted by Crippen LogP contribution is 2.44. The van der Waals surface area contributed by atoms with Crippen LogP contribution in [0.25, 0.3) is 0 Å². The Balaban J connectivity index is 2.00. The van der Waals surface area contributed by atoms with Gasteiger partial charge in [0.05, 0.1) is 7.11 Å². The maximum Gasteiger partial charge on any atom is 0.330 e. The quantitative estimate of drug-likeness (QED) is 0.590. The smallest absolute Gasteiger partial charge is 0.330 e. The number of allylic oxidation sites excluding steroid dienone is 1. The molecular formula is C17H24O4. The fraction of sp³-hybridized carbons (Fsp3) is 0.706. The lowest BCUT2D eigenvalue weighted by atomic mass is 9.61. The number of carbonyl (C=O) groups excluding carboxylic acids is 3. The minimum atomic E-state index is -0.341. The first kappa shape index (κ1) is 15.9. The molecule has 2 rings (SSSR count). The van der Waals surface area contributed by atoms with E-state index in [1.165, 1.54) is 13.2 Å². The number of fused-ring (bicyclic) bond motifs is 1. The maximum atomic E-state index is 12.1. The van der Waals surface area contributed by atoms with Gasteiger partial charge in [0.1, 0.15) is 11.6 Å². The minimum Gasteiger partial charge on any atom is -0.466 e. The van der Waals surface area contributed by atoms with Crippen molar-refractivity contribution in [1.29, 1.82) is 0 Å². The minimum absolute atomic E-state index is 0.0912. The van der Waals surface area contributed by atoms with Crippen LogP contribution in [0.1, 0.15) is 45.4 Å². The summed E-state index contributed by atoms with van der Waals surface area (Å²) in [6, 6.07) is 0. The highest BCUT2D eigenvalue weighted by molar-refractivity contribution is 5.87. The van der Waals surface area contributed by atoms with Crippen molar-refractivity contribution in [3.05, 3.63) is 12.2 Å². The average molecular weight is 292 g/mol. The van der Waals surface area contributed by atoms with Gasteiger partial charge in [-0.2, -0.15) is 0 Å². The molecule has 0 radical (unpaired) electrons. The van der Waals surface area contributed by atoms with E-state index in [2.05, 4.69) is 11.7 Å². The Kier molecular flexibility index (Phi) is 5.32. The zero-order valence-corrected chi connectivity index (χ0v) is 12.8. The van der Waals surface area contributed by atoms with Gasteiger partial charge in [0.25, 0.3) is 0 Å². The third-order valence-electron chi connectivity index (χ3n) is 5.10. The second-order valence-electron chi connectivity index (χ2n) is 6.36. The van der Waals surface area contributed by atoms with Gasteiger partial charge in [-0.3, -0.25) is 9.59 Å². The van der Waals surface area contributed by atoms with Gasteiger partial charge >= 0.3 is 5.97 Å². The topological polar surface area (TPSA) is 60.4 Å². The number of carbonyl (C=O) groups is 3. The zero-order valence-electron chi connectivity index (χ0n) is 12.8. The fourth-order valence-corrected chi connectivity index (χ4v) is 3.92. The van der Waals surface area contributed by atoms with E-state index in [9.17, 15) is 14.4 Å². The number of rotatable bonds is 4. The van der Waals surface area contributed by atoms with Crippen molar-refractivity contribution in [3.63, 3.8) is 0 Å². The van der Waals surface area contributed by atoms with Crippen LogP contribution in [0.5, 0.6) is 0 Å². The van der Waals surface area contributed by atoms with Crippen LogP contribution in [0.2, 0.25) is 0 Å². The monoisotopic (exact) mass is 292 g/mol. The summed E-state index contributed by atoms with van der Waals surface area (Å²) in [6.07, 6.45) is 7.46. The van der Waals surface area contributed by atoms with Crippen LogP contribution >= 0.6 is 0 Å². The normalized spacial score (nSPS) is 31.0. The van der Waals surface area contributed by atoms with Gasteiger partial charge in [0, 0.05) is 31.3 Å². The molecule has 4 atom stereocenters. The number of hydrogen-bond donors (Lipinski definition) is 0. The van der Waals surface area contributed by atoms with E-state index in [0.29, 0.717) is 42.7 Å². The number of ketones is 2. The third kappa shape index (κ3) is 3.80. The molecule has 2 aliphatic rings. The van der Waals surface area contributed by atoms with E-state index in [1.807, 2.05) is 6.08 Å². The molecule has 116 valence electrons. The molecule has 0 N–H and O–H groups in total. The summed E-state index contributed by atoms with van der Waals surface area (Å²) in [6.45, 7) is 2.15. The fourth-order valence-electron chi connectivity index (χ4n) is 3.92. The van der Waals surface area contributed by atoms with Crippen LogP contribution in [0.4, 0.5) is 0 Å². The Labute approximate surface area is 125 Å². The van der Waals surface area contributed by atoms with Crippen molar-refractivity contribution in [3.8, 4) is 0 Å². The molecule has 0 unspecified atom stereocenters. The summed E-state index contributed by atoms with van der Waals surface area (Å²) in [5.41, 5.74) is 0. The number of hydrogen-bond acceptors (Lipinski definition) is 4. The first-order chi connectivity index (χ1) is 10.0. The van der Waals surface area contributed by atoms with Crippen molar-refractivity contribution in [2.75, 3.05) is 7.11 Å². The molecule has 4 heteroatoms. The SMILES string of the molecule is COC(=O)/C=C/C[C@H](C)[C@H]1CCC(=O)[C@H]2CCC(=O)C[C@H]12. The molecule has 0 spiro atoms. The van der Waals surface area contributed by atoms with Crippen molar-refractivity contribution in [2.45, 2.75) is 45.4 Å². The Morgan fingerprint density at radius 2 is 2.10 bits per heavy atom. The number of ether oxygens (including phenoxy) is 1. The van der Waals surface area contributed by atoms with Crippen LogP contribution in [0.15, 0.2) is 12.2 Å². The Hall–Kier alpha value is -1.45. The van der Waals surface area contributed by atoms with Crippen LogP contribution in [0.3, 0.4) is 0 Å². The Morgan fingerprint density at radius 1 is 1.33 bits per heavy atom. The van der Waals surface area contributed by atoms with E-state index in [4.69, 9.17) is 0 Å². The van der Waals surface area contributed by atoms with Crippen LogP contribution in [-0.2, 0) is 19.1 Å². The predicted molar refractivity (Wildman–Crippen MR) is 78.5 cm³/mol. The molecule has 0 aromatic heterocycles. The predicted octanol–water partition coefficient (Wildman–Crippen LogP) is 2.71. The summed E-state index contributed by atoms with van der Waals surface area (Å²) in [5, 5.41) is 0. The van der Waals surface area contributed by atoms with Gasteiger partial charge in [0.2, 0.25) is 0 Å². The highest BCUT2D eigenvalue weighted by atomic mass is 16.5. The molecule has 0 aliphatic heterocycles. The molecule has 4 nitrogen and oxygen atoms in total. The summed E-state index contributed by atoms with van der Waals surface area (Å²) < 4.78 is 4.58. The summed E-state index contributed by atoms with van der Waals surface area (Å²) in [5.74, 6) is 1.39. The van der Waals surface area contributed by atoms with Crippen molar-refractivity contribution < 1.29 is 19.1 Å². The molecule has 2 fully saturated rings. The van der Waals surface area contributed by atoms with Crippen molar-refractivity contribution in [2.24, 2.45) is 23.7 Å². The van der Waals surface area contributed by atoms with E-state index in [1.54, 1.807) is 0 Å². The average Bonchev–Trinajstić information content (AvgIpc) is 2.47. The van der Waals surface area contributed by atoms with Gasteiger partial charge in [-0.15, -0.1) is 0 Å². The van der Waals surface area contributed by atoms with Gasteiger partial charge in [-0.1, -0.05) is 13.0 Å². The maximum absolute atomic E-state index is 12.1. The molecule has 0 aromatic rings. The standard InChI is InChI=1S/C17H24O4/c1-11(4-3-5-17(20)21-2)13-8-9-16(19)14-7-6-12(18)10-15(13)14/h3,5,11,13-15H,4,6-10H2,1-2H3/b5-3+/t11-,13+,14-,15+/m0/s1. The zero-order chi connectivity index (χ0) is 15.4. The molecule has 2 aliphatic carbocycles. The van der Waals surface area contributed by atoms with E-state index in [-0.39, 0.29) is 17.8 Å². The lowest BCUT2D eigenvalue weighted by molar-refractivity contribution is -0.136. The Morgan fingerprint density at radius 3 is 2.81 bits per heavy atom. The van der Waals surface area contributed by atoms with Gasteiger partial charge < -0.3 is 4.74 Å². The molecular weight excluding hydrogens is 268 g/mol. The second kappa shape index (κ2) is 7.01. The van der Waals surface area contributed by atoms with Gasteiger partial charge in [-0.25, -0.2) is 4.79 Å². The van der Waals surface area contributed by atoms with Crippen molar-refractivity contribution in [1.82, 2.24) is 0 Å². The largest absolute Gasteiger partial charge is 0.466 e. The lowest BCUT2D eigenvalue weighted by Crippen LogP contribution is -2.41. The molecule has 0 heterocycles. The molecule has 0 saturated heterocycles. The summed E-state index contributed by atoms with van der Waals surface area (Å²) in [7, 11) is 1.36. The van der Waals surface area contributed by atoms with E-state index < -0.39 is 0 Å². The van der Waals surface area contributed by atoms with Crippen LogP contribution < -0.4 is 0 Å². The second-order valence-corrected chi connectivity index (χ2v) is 6.36. The van der Waals surface area contributed by atoms with Crippen molar-refractivity contribution >= 4 is 17.5 Å². The molecule has 0 aromatic carbocycles. The molecule has 0 bridgehead atoms. The molecule has 0 amide bonds. The van der Waals surface area contributed by atoms with Crippen LogP contribution in [-0.4, -0.2) is 24.6 Å². The highest BCUT2D eigenvalue weighted by Gasteiger charge is 2.43. The lowest BCUT2D eigenvalue weighted by Gasteiger charge is -2.42.